The highest BCUT2D eigenvalue weighted by Crippen LogP contribution is 2.22. The van der Waals surface area contributed by atoms with E-state index >= 15 is 0 Å². The van der Waals surface area contributed by atoms with Crippen LogP contribution in [0.25, 0.3) is 0 Å². The molecule has 0 saturated carbocycles. The third-order valence-electron chi connectivity index (χ3n) is 2.97. The van der Waals surface area contributed by atoms with Crippen LogP contribution in [0.4, 0.5) is 5.69 Å². The lowest BCUT2D eigenvalue weighted by Crippen LogP contribution is -2.37. The van der Waals surface area contributed by atoms with E-state index in [-0.39, 0.29) is 6.23 Å². The van der Waals surface area contributed by atoms with Gasteiger partial charge in [-0.25, -0.2) is 0 Å². The average Bonchev–Trinajstić information content (AvgIpc) is 2.41. The van der Waals surface area contributed by atoms with Crippen molar-refractivity contribution in [1.82, 2.24) is 0 Å². The van der Waals surface area contributed by atoms with Crippen molar-refractivity contribution in [3.8, 4) is 5.75 Å². The zero-order valence-corrected chi connectivity index (χ0v) is 12.0. The van der Waals surface area contributed by atoms with Crippen LogP contribution in [-0.4, -0.2) is 12.8 Å². The molecular weight excluding hydrogens is 258 g/mol. The van der Waals surface area contributed by atoms with Crippen molar-refractivity contribution in [2.24, 2.45) is 0 Å². The van der Waals surface area contributed by atoms with Gasteiger partial charge in [-0.1, -0.05) is 35.9 Å². The SMILES string of the molecule is CCN(c1cccc(Cl)c1)C(C)Oc1ccccc1. The van der Waals surface area contributed by atoms with Gasteiger partial charge in [-0.2, -0.15) is 0 Å². The van der Waals surface area contributed by atoms with Gasteiger partial charge in [0.1, 0.15) is 5.75 Å². The van der Waals surface area contributed by atoms with Crippen molar-refractivity contribution >= 4 is 17.3 Å². The maximum atomic E-state index is 6.04. The Balaban J connectivity index is 2.13. The van der Waals surface area contributed by atoms with E-state index in [4.69, 9.17) is 16.3 Å². The molecule has 2 aromatic rings. The van der Waals surface area contributed by atoms with Crippen molar-refractivity contribution in [1.29, 1.82) is 0 Å². The highest BCUT2D eigenvalue weighted by molar-refractivity contribution is 6.30. The number of para-hydroxylation sites is 1. The molecule has 0 radical (unpaired) electrons. The number of anilines is 1. The first-order valence-electron chi connectivity index (χ1n) is 6.44. The van der Waals surface area contributed by atoms with Gasteiger partial charge in [0.25, 0.3) is 0 Å². The standard InChI is InChI=1S/C16H18ClNO/c1-3-18(15-9-7-8-14(17)12-15)13(2)19-16-10-5-4-6-11-16/h4-13H,3H2,1-2H3. The molecule has 0 aromatic heterocycles. The molecule has 2 nitrogen and oxygen atoms in total. The summed E-state index contributed by atoms with van der Waals surface area (Å²) in [5.74, 6) is 0.871. The molecule has 0 N–H and O–H groups in total. The first-order chi connectivity index (χ1) is 9.20. The molecule has 0 heterocycles. The molecular formula is C16H18ClNO. The molecule has 2 aromatic carbocycles. The second-order valence-corrected chi connectivity index (χ2v) is 4.73. The first kappa shape index (κ1) is 13.8. The van der Waals surface area contributed by atoms with E-state index in [0.29, 0.717) is 0 Å². The Kier molecular flexibility index (Phi) is 4.69. The number of ether oxygens (including phenoxy) is 1. The predicted molar refractivity (Wildman–Crippen MR) is 81.0 cm³/mol. The van der Waals surface area contributed by atoms with Crippen LogP contribution < -0.4 is 9.64 Å². The summed E-state index contributed by atoms with van der Waals surface area (Å²) in [4.78, 5) is 2.17. The van der Waals surface area contributed by atoms with Gasteiger partial charge in [0.05, 0.1) is 0 Å². The minimum absolute atomic E-state index is 0.0501. The van der Waals surface area contributed by atoms with Gasteiger partial charge < -0.3 is 9.64 Å². The quantitative estimate of drug-likeness (QED) is 0.740. The normalized spacial score (nSPS) is 11.9. The Morgan fingerprint density at radius 2 is 1.84 bits per heavy atom. The van der Waals surface area contributed by atoms with Crippen molar-refractivity contribution in [3.63, 3.8) is 0 Å². The van der Waals surface area contributed by atoms with Crippen molar-refractivity contribution < 1.29 is 4.74 Å². The second kappa shape index (κ2) is 6.48. The van der Waals surface area contributed by atoms with E-state index < -0.39 is 0 Å². The summed E-state index contributed by atoms with van der Waals surface area (Å²) in [6.07, 6.45) is -0.0501. The maximum absolute atomic E-state index is 6.04. The molecule has 0 aliphatic carbocycles. The van der Waals surface area contributed by atoms with E-state index in [1.54, 1.807) is 0 Å². The molecule has 0 fully saturated rings. The van der Waals surface area contributed by atoms with Crippen LogP contribution in [0.15, 0.2) is 54.6 Å². The molecule has 100 valence electrons. The molecule has 0 spiro atoms. The molecule has 0 aliphatic rings. The van der Waals surface area contributed by atoms with Crippen molar-refractivity contribution in [2.75, 3.05) is 11.4 Å². The van der Waals surface area contributed by atoms with Gasteiger partial charge in [-0.05, 0) is 44.2 Å². The van der Waals surface area contributed by atoms with Gasteiger partial charge in [0.15, 0.2) is 6.23 Å². The van der Waals surface area contributed by atoms with E-state index in [1.807, 2.05) is 61.5 Å². The van der Waals surface area contributed by atoms with Crippen LogP contribution in [0.1, 0.15) is 13.8 Å². The van der Waals surface area contributed by atoms with Crippen LogP contribution in [0, 0.1) is 0 Å². The number of nitrogens with zero attached hydrogens (tertiary/aromatic N) is 1. The maximum Gasteiger partial charge on any atom is 0.169 e. The summed E-state index contributed by atoms with van der Waals surface area (Å²) < 4.78 is 5.94. The third-order valence-corrected chi connectivity index (χ3v) is 3.20. The van der Waals surface area contributed by atoms with Gasteiger partial charge in [-0.3, -0.25) is 0 Å². The summed E-state index contributed by atoms with van der Waals surface area (Å²) in [5.41, 5.74) is 1.07. The molecule has 0 aliphatic heterocycles. The number of rotatable bonds is 5. The Morgan fingerprint density at radius 3 is 2.47 bits per heavy atom. The van der Waals surface area contributed by atoms with Gasteiger partial charge in [0, 0.05) is 17.3 Å². The van der Waals surface area contributed by atoms with Gasteiger partial charge >= 0.3 is 0 Å². The van der Waals surface area contributed by atoms with Crippen molar-refractivity contribution in [3.05, 3.63) is 59.6 Å². The lowest BCUT2D eigenvalue weighted by atomic mass is 10.2. The molecule has 0 saturated heterocycles. The molecule has 1 unspecified atom stereocenters. The molecule has 2 rings (SSSR count). The minimum atomic E-state index is -0.0501. The topological polar surface area (TPSA) is 12.5 Å². The van der Waals surface area contributed by atoms with Crippen LogP contribution in [-0.2, 0) is 0 Å². The summed E-state index contributed by atoms with van der Waals surface area (Å²) in [6.45, 7) is 5.00. The molecule has 3 heteroatoms. The van der Waals surface area contributed by atoms with Gasteiger partial charge in [-0.15, -0.1) is 0 Å². The highest BCUT2D eigenvalue weighted by Gasteiger charge is 2.14. The summed E-state index contributed by atoms with van der Waals surface area (Å²) >= 11 is 6.04. The Morgan fingerprint density at radius 1 is 1.11 bits per heavy atom. The van der Waals surface area contributed by atoms with Crippen molar-refractivity contribution in [2.45, 2.75) is 20.1 Å². The number of halogens is 1. The third kappa shape index (κ3) is 3.65. The average molecular weight is 276 g/mol. The molecule has 19 heavy (non-hydrogen) atoms. The molecule has 0 bridgehead atoms. The zero-order chi connectivity index (χ0) is 13.7. The fraction of sp³-hybridized carbons (Fsp3) is 0.250. The predicted octanol–water partition coefficient (Wildman–Crippen LogP) is 4.59. The number of hydrogen-bond acceptors (Lipinski definition) is 2. The monoisotopic (exact) mass is 275 g/mol. The number of hydrogen-bond donors (Lipinski definition) is 0. The van der Waals surface area contributed by atoms with Gasteiger partial charge in [0.2, 0.25) is 0 Å². The lowest BCUT2D eigenvalue weighted by Gasteiger charge is -2.30. The minimum Gasteiger partial charge on any atom is -0.471 e. The van der Waals surface area contributed by atoms with Crippen LogP contribution in [0.5, 0.6) is 5.75 Å². The zero-order valence-electron chi connectivity index (χ0n) is 11.2. The fourth-order valence-electron chi connectivity index (χ4n) is 2.06. The van der Waals surface area contributed by atoms with Crippen LogP contribution in [0.3, 0.4) is 0 Å². The van der Waals surface area contributed by atoms with E-state index in [1.165, 1.54) is 0 Å². The Hall–Kier alpha value is -1.67. The largest absolute Gasteiger partial charge is 0.471 e. The van der Waals surface area contributed by atoms with Crippen LogP contribution in [0.2, 0.25) is 5.02 Å². The summed E-state index contributed by atoms with van der Waals surface area (Å²) in [7, 11) is 0. The Labute approximate surface area is 119 Å². The Bertz CT molecular complexity index is 515. The smallest absolute Gasteiger partial charge is 0.169 e. The highest BCUT2D eigenvalue weighted by atomic mass is 35.5. The van der Waals surface area contributed by atoms with E-state index in [2.05, 4.69) is 11.8 Å². The molecule has 0 amide bonds. The fourth-order valence-corrected chi connectivity index (χ4v) is 2.25. The first-order valence-corrected chi connectivity index (χ1v) is 6.82. The van der Waals surface area contributed by atoms with E-state index in [9.17, 15) is 0 Å². The second-order valence-electron chi connectivity index (χ2n) is 4.30. The summed E-state index contributed by atoms with van der Waals surface area (Å²) in [6, 6.07) is 17.7. The van der Waals surface area contributed by atoms with E-state index in [0.717, 1.165) is 23.0 Å². The number of benzene rings is 2. The lowest BCUT2D eigenvalue weighted by molar-refractivity contribution is 0.216. The summed E-state index contributed by atoms with van der Waals surface area (Å²) in [5, 5.41) is 0.739. The molecule has 1 atom stereocenters. The van der Waals surface area contributed by atoms with Crippen LogP contribution >= 0.6 is 11.6 Å².